The number of hydrogen-bond donors (Lipinski definition) is 0. The second-order valence-corrected chi connectivity index (χ2v) is 4.86. The predicted octanol–water partition coefficient (Wildman–Crippen LogP) is 0.998. The van der Waals surface area contributed by atoms with Crippen LogP contribution in [0, 0.1) is 3.57 Å². The molecule has 0 saturated carbocycles. The lowest BCUT2D eigenvalue weighted by molar-refractivity contribution is 0.600. The summed E-state index contributed by atoms with van der Waals surface area (Å²) >= 11 is 1.86. The SMILES string of the molecule is C=CS(=O)(=O)c1ncncc1I. The van der Waals surface area contributed by atoms with Crippen molar-refractivity contribution in [3.8, 4) is 0 Å². The Morgan fingerprint density at radius 1 is 1.58 bits per heavy atom. The molecule has 1 heterocycles. The van der Waals surface area contributed by atoms with Gasteiger partial charge in [0.2, 0.25) is 9.84 Å². The van der Waals surface area contributed by atoms with Crippen LogP contribution in [-0.4, -0.2) is 18.4 Å². The molecule has 0 unspecified atom stereocenters. The lowest BCUT2D eigenvalue weighted by atomic mass is 10.7. The van der Waals surface area contributed by atoms with Gasteiger partial charge >= 0.3 is 0 Å². The molecule has 1 aromatic rings. The first-order chi connectivity index (χ1) is 5.58. The number of nitrogens with zero attached hydrogens (tertiary/aromatic N) is 2. The van der Waals surface area contributed by atoms with Gasteiger partial charge in [-0.1, -0.05) is 6.58 Å². The minimum Gasteiger partial charge on any atom is -0.244 e. The van der Waals surface area contributed by atoms with Crippen molar-refractivity contribution in [1.29, 1.82) is 0 Å². The molecular weight excluding hydrogens is 291 g/mol. The van der Waals surface area contributed by atoms with E-state index < -0.39 is 9.84 Å². The molecule has 4 nitrogen and oxygen atoms in total. The predicted molar refractivity (Wildman–Crippen MR) is 52.1 cm³/mol. The summed E-state index contributed by atoms with van der Waals surface area (Å²) in [7, 11) is -3.42. The van der Waals surface area contributed by atoms with E-state index in [9.17, 15) is 8.42 Å². The summed E-state index contributed by atoms with van der Waals surface area (Å²) in [5, 5.41) is 0.880. The molecule has 1 rings (SSSR count). The zero-order valence-electron chi connectivity index (χ0n) is 5.94. The Balaban J connectivity index is 3.39. The van der Waals surface area contributed by atoms with Gasteiger partial charge in [-0.25, -0.2) is 18.4 Å². The number of aromatic nitrogens is 2. The van der Waals surface area contributed by atoms with Crippen molar-refractivity contribution in [3.05, 3.63) is 28.1 Å². The van der Waals surface area contributed by atoms with Gasteiger partial charge < -0.3 is 0 Å². The van der Waals surface area contributed by atoms with E-state index in [0.29, 0.717) is 3.57 Å². The van der Waals surface area contributed by atoms with Gasteiger partial charge in [-0.05, 0) is 22.6 Å². The highest BCUT2D eigenvalue weighted by molar-refractivity contribution is 14.1. The molecule has 6 heteroatoms. The third kappa shape index (κ3) is 1.81. The first-order valence-electron chi connectivity index (χ1n) is 2.91. The maximum absolute atomic E-state index is 11.2. The van der Waals surface area contributed by atoms with Crippen LogP contribution in [0.2, 0.25) is 0 Å². The van der Waals surface area contributed by atoms with E-state index in [0.717, 1.165) is 5.41 Å². The third-order valence-corrected chi connectivity index (χ3v) is 3.58. The highest BCUT2D eigenvalue weighted by atomic mass is 127. The van der Waals surface area contributed by atoms with Crippen molar-refractivity contribution in [2.24, 2.45) is 0 Å². The summed E-state index contributed by atoms with van der Waals surface area (Å²) in [5.41, 5.74) is 0. The molecule has 0 N–H and O–H groups in total. The zero-order chi connectivity index (χ0) is 9.19. The van der Waals surface area contributed by atoms with Gasteiger partial charge in [-0.15, -0.1) is 0 Å². The van der Waals surface area contributed by atoms with Gasteiger partial charge in [-0.3, -0.25) is 0 Å². The molecule has 0 spiro atoms. The maximum atomic E-state index is 11.2. The van der Waals surface area contributed by atoms with E-state index in [2.05, 4.69) is 16.5 Å². The Bertz CT molecular complexity index is 402. The minimum absolute atomic E-state index is 0.00750. The van der Waals surface area contributed by atoms with Gasteiger partial charge in [0.05, 0.1) is 3.57 Å². The molecule has 1 aromatic heterocycles. The van der Waals surface area contributed by atoms with Crippen molar-refractivity contribution >= 4 is 32.4 Å². The van der Waals surface area contributed by atoms with Crippen molar-refractivity contribution in [2.45, 2.75) is 5.03 Å². The summed E-state index contributed by atoms with van der Waals surface area (Å²) < 4.78 is 22.9. The molecule has 0 aliphatic heterocycles. The van der Waals surface area contributed by atoms with E-state index in [-0.39, 0.29) is 5.03 Å². The van der Waals surface area contributed by atoms with Crippen LogP contribution in [0.25, 0.3) is 0 Å². The van der Waals surface area contributed by atoms with Gasteiger partial charge in [0.15, 0.2) is 5.03 Å². The molecule has 0 bridgehead atoms. The van der Waals surface area contributed by atoms with Crippen LogP contribution < -0.4 is 0 Å². The minimum atomic E-state index is -3.42. The Labute approximate surface area is 83.8 Å². The smallest absolute Gasteiger partial charge is 0.217 e. The lowest BCUT2D eigenvalue weighted by Gasteiger charge is -1.97. The van der Waals surface area contributed by atoms with Crippen molar-refractivity contribution in [1.82, 2.24) is 9.97 Å². The molecular formula is C6H5IN2O2S. The lowest BCUT2D eigenvalue weighted by Crippen LogP contribution is -2.02. The Hall–Kier alpha value is -0.500. The fourth-order valence-corrected chi connectivity index (χ4v) is 2.49. The summed E-state index contributed by atoms with van der Waals surface area (Å²) in [6, 6.07) is 0. The molecule has 0 aliphatic rings. The Kier molecular flexibility index (Phi) is 2.78. The first-order valence-corrected chi connectivity index (χ1v) is 5.53. The zero-order valence-corrected chi connectivity index (χ0v) is 8.91. The molecule has 0 amide bonds. The van der Waals surface area contributed by atoms with E-state index in [1.54, 1.807) is 0 Å². The Morgan fingerprint density at radius 2 is 2.25 bits per heavy atom. The fraction of sp³-hybridized carbons (Fsp3) is 0. The van der Waals surface area contributed by atoms with E-state index in [1.165, 1.54) is 12.5 Å². The topological polar surface area (TPSA) is 59.9 Å². The van der Waals surface area contributed by atoms with E-state index in [1.807, 2.05) is 22.6 Å². The van der Waals surface area contributed by atoms with Crippen LogP contribution in [0.15, 0.2) is 29.5 Å². The fourth-order valence-electron chi connectivity index (χ4n) is 0.590. The van der Waals surface area contributed by atoms with Gasteiger partial charge in [0.25, 0.3) is 0 Å². The van der Waals surface area contributed by atoms with E-state index in [4.69, 9.17) is 0 Å². The van der Waals surface area contributed by atoms with Gasteiger partial charge in [-0.2, -0.15) is 0 Å². The molecule has 0 saturated heterocycles. The quantitative estimate of drug-likeness (QED) is 0.603. The van der Waals surface area contributed by atoms with Gasteiger partial charge in [0, 0.05) is 11.6 Å². The summed E-state index contributed by atoms with van der Waals surface area (Å²) in [4.78, 5) is 7.32. The standard InChI is InChI=1S/C6H5IN2O2S/c1-2-12(10,11)6-5(7)3-8-4-9-6/h2-4H,1H2. The number of halogens is 1. The number of rotatable bonds is 2. The molecule has 12 heavy (non-hydrogen) atoms. The Morgan fingerprint density at radius 3 is 2.75 bits per heavy atom. The summed E-state index contributed by atoms with van der Waals surface area (Å²) in [6.45, 7) is 3.20. The largest absolute Gasteiger partial charge is 0.244 e. The van der Waals surface area contributed by atoms with Crippen LogP contribution in [0.4, 0.5) is 0 Å². The summed E-state index contributed by atoms with van der Waals surface area (Å²) in [6.07, 6.45) is 2.63. The molecule has 0 aliphatic carbocycles. The monoisotopic (exact) mass is 296 g/mol. The summed E-state index contributed by atoms with van der Waals surface area (Å²) in [5.74, 6) is 0. The molecule has 0 radical (unpaired) electrons. The average Bonchev–Trinajstić information content (AvgIpc) is 2.05. The third-order valence-electron chi connectivity index (χ3n) is 1.12. The van der Waals surface area contributed by atoms with Crippen molar-refractivity contribution < 1.29 is 8.42 Å². The molecule has 0 atom stereocenters. The highest BCUT2D eigenvalue weighted by Gasteiger charge is 2.14. The molecule has 0 aromatic carbocycles. The average molecular weight is 296 g/mol. The van der Waals surface area contributed by atoms with Gasteiger partial charge in [0.1, 0.15) is 6.33 Å². The first kappa shape index (κ1) is 9.59. The molecule has 0 fully saturated rings. The van der Waals surface area contributed by atoms with Crippen LogP contribution in [0.1, 0.15) is 0 Å². The molecule has 64 valence electrons. The van der Waals surface area contributed by atoms with Crippen molar-refractivity contribution in [2.75, 3.05) is 0 Å². The number of hydrogen-bond acceptors (Lipinski definition) is 4. The second kappa shape index (κ2) is 3.48. The maximum Gasteiger partial charge on any atom is 0.217 e. The van der Waals surface area contributed by atoms with E-state index >= 15 is 0 Å². The number of sulfone groups is 1. The van der Waals surface area contributed by atoms with Crippen LogP contribution in [0.5, 0.6) is 0 Å². The second-order valence-electron chi connectivity index (χ2n) is 1.89. The van der Waals surface area contributed by atoms with Crippen molar-refractivity contribution in [3.63, 3.8) is 0 Å². The van der Waals surface area contributed by atoms with Crippen LogP contribution in [0.3, 0.4) is 0 Å². The van der Waals surface area contributed by atoms with Crippen LogP contribution in [-0.2, 0) is 9.84 Å². The van der Waals surface area contributed by atoms with Crippen LogP contribution >= 0.6 is 22.6 Å². The highest BCUT2D eigenvalue weighted by Crippen LogP contribution is 2.14. The normalized spacial score (nSPS) is 11.1.